The van der Waals surface area contributed by atoms with E-state index in [-0.39, 0.29) is 11.6 Å². The summed E-state index contributed by atoms with van der Waals surface area (Å²) in [5.74, 6) is 0.0155. The van der Waals surface area contributed by atoms with Gasteiger partial charge in [0.2, 0.25) is 0 Å². The molecule has 0 saturated carbocycles. The number of rotatable bonds is 3. The van der Waals surface area contributed by atoms with Crippen LogP contribution >= 0.6 is 0 Å². The maximum Gasteiger partial charge on any atom is 0.347 e. The van der Waals surface area contributed by atoms with E-state index in [0.29, 0.717) is 5.69 Å². The summed E-state index contributed by atoms with van der Waals surface area (Å²) in [6.07, 6.45) is 1.28. The van der Waals surface area contributed by atoms with Crippen LogP contribution in [-0.4, -0.2) is 24.0 Å². The Morgan fingerprint density at radius 1 is 1.24 bits per heavy atom. The standard InChI is InChI=1S/C15H22N4O2/c1-15(2,3)12(20)9-13(16)19-14(21)18-11-7-5-10(17-4)6-8-11/h5-9,17,20H,1-4H3,(H3,16,18,19,21)/b12-9-. The highest BCUT2D eigenvalue weighted by atomic mass is 16.3. The number of anilines is 2. The van der Waals surface area contributed by atoms with Gasteiger partial charge in [0.1, 0.15) is 11.6 Å². The van der Waals surface area contributed by atoms with Crippen LogP contribution in [0.5, 0.6) is 0 Å². The highest BCUT2D eigenvalue weighted by Gasteiger charge is 2.16. The molecule has 0 saturated heterocycles. The number of urea groups is 1. The summed E-state index contributed by atoms with van der Waals surface area (Å²) in [6, 6.07) is 6.56. The molecule has 5 N–H and O–H groups in total. The first-order valence-electron chi connectivity index (χ1n) is 6.56. The predicted octanol–water partition coefficient (Wildman–Crippen LogP) is 3.11. The molecule has 0 aliphatic heterocycles. The summed E-state index contributed by atoms with van der Waals surface area (Å²) in [4.78, 5) is 15.4. The molecule has 1 aromatic rings. The number of amides is 2. The lowest BCUT2D eigenvalue weighted by Gasteiger charge is -2.16. The fourth-order valence-electron chi connectivity index (χ4n) is 1.38. The lowest BCUT2D eigenvalue weighted by atomic mass is 9.93. The van der Waals surface area contributed by atoms with Crippen molar-refractivity contribution in [2.24, 2.45) is 16.1 Å². The van der Waals surface area contributed by atoms with Gasteiger partial charge in [0.25, 0.3) is 0 Å². The zero-order chi connectivity index (χ0) is 16.0. The molecule has 114 valence electrons. The smallest absolute Gasteiger partial charge is 0.347 e. The molecule has 0 aliphatic rings. The third kappa shape index (κ3) is 5.56. The second-order valence-corrected chi connectivity index (χ2v) is 5.57. The summed E-state index contributed by atoms with van der Waals surface area (Å²) >= 11 is 0. The van der Waals surface area contributed by atoms with Gasteiger partial charge in [-0.05, 0) is 24.3 Å². The molecule has 0 atom stereocenters. The molecular weight excluding hydrogens is 268 g/mol. The SMILES string of the molecule is CNc1ccc(NC(=O)/N=C(N)\C=C(/O)C(C)(C)C)cc1. The maximum absolute atomic E-state index is 11.7. The number of benzene rings is 1. The van der Waals surface area contributed by atoms with Gasteiger partial charge in [0, 0.05) is 29.9 Å². The molecule has 21 heavy (non-hydrogen) atoms. The van der Waals surface area contributed by atoms with E-state index >= 15 is 0 Å². The normalized spacial score (nSPS) is 13.0. The minimum absolute atomic E-state index is 0.0493. The quantitative estimate of drug-likeness (QED) is 0.390. The molecule has 0 unspecified atom stereocenters. The second kappa shape index (κ2) is 6.78. The van der Waals surface area contributed by atoms with Crippen LogP contribution in [0.2, 0.25) is 0 Å². The molecule has 1 rings (SSSR count). The Kier molecular flexibility index (Phi) is 5.35. The first kappa shape index (κ1) is 16.6. The molecule has 0 aromatic heterocycles. The number of nitrogens with zero attached hydrogens (tertiary/aromatic N) is 1. The van der Waals surface area contributed by atoms with Crippen molar-refractivity contribution in [1.82, 2.24) is 0 Å². The number of carbonyl (C=O) groups is 1. The first-order chi connectivity index (χ1) is 9.72. The Bertz CT molecular complexity index is 554. The number of aliphatic hydroxyl groups is 1. The van der Waals surface area contributed by atoms with Gasteiger partial charge in [0.15, 0.2) is 0 Å². The molecule has 0 bridgehead atoms. The van der Waals surface area contributed by atoms with E-state index in [1.54, 1.807) is 12.1 Å². The zero-order valence-corrected chi connectivity index (χ0v) is 12.8. The highest BCUT2D eigenvalue weighted by molar-refractivity contribution is 6.03. The Morgan fingerprint density at radius 2 is 1.76 bits per heavy atom. The lowest BCUT2D eigenvalue weighted by molar-refractivity contribution is 0.259. The second-order valence-electron chi connectivity index (χ2n) is 5.57. The molecule has 0 spiro atoms. The van der Waals surface area contributed by atoms with E-state index in [4.69, 9.17) is 5.73 Å². The molecule has 2 amide bonds. The lowest BCUT2D eigenvalue weighted by Crippen LogP contribution is -2.18. The van der Waals surface area contributed by atoms with Gasteiger partial charge in [-0.1, -0.05) is 20.8 Å². The van der Waals surface area contributed by atoms with E-state index in [1.165, 1.54) is 6.08 Å². The van der Waals surface area contributed by atoms with Crippen LogP contribution in [0.15, 0.2) is 41.1 Å². The van der Waals surface area contributed by atoms with E-state index in [1.807, 2.05) is 40.0 Å². The van der Waals surface area contributed by atoms with Gasteiger partial charge in [-0.25, -0.2) is 4.79 Å². The van der Waals surface area contributed by atoms with Crippen molar-refractivity contribution in [3.63, 3.8) is 0 Å². The van der Waals surface area contributed by atoms with Crippen molar-refractivity contribution in [2.75, 3.05) is 17.7 Å². The minimum Gasteiger partial charge on any atom is -0.512 e. The van der Waals surface area contributed by atoms with Crippen LogP contribution in [0.3, 0.4) is 0 Å². The number of hydrogen-bond acceptors (Lipinski definition) is 3. The third-order valence-electron chi connectivity index (χ3n) is 2.71. The van der Waals surface area contributed by atoms with Gasteiger partial charge in [0.05, 0.1) is 0 Å². The van der Waals surface area contributed by atoms with Crippen LogP contribution in [0, 0.1) is 5.41 Å². The largest absolute Gasteiger partial charge is 0.512 e. The fourth-order valence-corrected chi connectivity index (χ4v) is 1.38. The zero-order valence-electron chi connectivity index (χ0n) is 12.8. The predicted molar refractivity (Wildman–Crippen MR) is 86.8 cm³/mol. The van der Waals surface area contributed by atoms with Crippen molar-refractivity contribution in [3.8, 4) is 0 Å². The van der Waals surface area contributed by atoms with E-state index in [9.17, 15) is 9.90 Å². The molecule has 0 aliphatic carbocycles. The van der Waals surface area contributed by atoms with Gasteiger partial charge in [-0.15, -0.1) is 0 Å². The van der Waals surface area contributed by atoms with Crippen LogP contribution in [0.4, 0.5) is 16.2 Å². The maximum atomic E-state index is 11.7. The molecule has 6 heteroatoms. The number of hydrogen-bond donors (Lipinski definition) is 4. The minimum atomic E-state index is -0.595. The van der Waals surface area contributed by atoms with Gasteiger partial charge in [-0.3, -0.25) is 0 Å². The summed E-state index contributed by atoms with van der Waals surface area (Å²) in [5.41, 5.74) is 6.72. The number of amidine groups is 1. The number of allylic oxidation sites excluding steroid dienone is 1. The highest BCUT2D eigenvalue weighted by Crippen LogP contribution is 2.22. The monoisotopic (exact) mass is 290 g/mol. The molecule has 1 aromatic carbocycles. The van der Waals surface area contributed by atoms with Crippen molar-refractivity contribution >= 4 is 23.2 Å². The Labute approximate surface area is 124 Å². The van der Waals surface area contributed by atoms with Crippen molar-refractivity contribution in [1.29, 1.82) is 0 Å². The van der Waals surface area contributed by atoms with E-state index in [0.717, 1.165) is 5.69 Å². The summed E-state index contributed by atoms with van der Waals surface area (Å²) in [5, 5.41) is 15.3. The Morgan fingerprint density at radius 3 is 2.24 bits per heavy atom. The number of carbonyl (C=O) groups excluding carboxylic acids is 1. The van der Waals surface area contributed by atoms with Crippen LogP contribution < -0.4 is 16.4 Å². The Balaban J connectivity index is 2.73. The van der Waals surface area contributed by atoms with Crippen molar-refractivity contribution in [3.05, 3.63) is 36.1 Å². The average molecular weight is 290 g/mol. The van der Waals surface area contributed by atoms with Gasteiger partial charge < -0.3 is 21.5 Å². The van der Waals surface area contributed by atoms with Crippen LogP contribution in [0.25, 0.3) is 0 Å². The first-order valence-corrected chi connectivity index (χ1v) is 6.56. The number of nitrogens with two attached hydrogens (primary N) is 1. The molecule has 6 nitrogen and oxygen atoms in total. The molecule has 0 fully saturated rings. The number of nitrogens with one attached hydrogen (secondary N) is 2. The topological polar surface area (TPSA) is 99.7 Å². The van der Waals surface area contributed by atoms with E-state index < -0.39 is 11.4 Å². The van der Waals surface area contributed by atoms with Crippen LogP contribution in [-0.2, 0) is 0 Å². The molecule has 0 radical (unpaired) electrons. The van der Waals surface area contributed by atoms with Crippen LogP contribution in [0.1, 0.15) is 20.8 Å². The average Bonchev–Trinajstić information content (AvgIpc) is 2.38. The van der Waals surface area contributed by atoms with Gasteiger partial charge >= 0.3 is 6.03 Å². The molecular formula is C15H22N4O2. The van der Waals surface area contributed by atoms with Crippen molar-refractivity contribution < 1.29 is 9.90 Å². The third-order valence-corrected chi connectivity index (χ3v) is 2.71. The number of aliphatic imine (C=N–C) groups is 1. The van der Waals surface area contributed by atoms with Crippen molar-refractivity contribution in [2.45, 2.75) is 20.8 Å². The van der Waals surface area contributed by atoms with Gasteiger partial charge in [-0.2, -0.15) is 4.99 Å². The fraction of sp³-hybridized carbons (Fsp3) is 0.333. The summed E-state index contributed by atoms with van der Waals surface area (Å²) < 4.78 is 0. The summed E-state index contributed by atoms with van der Waals surface area (Å²) in [6.45, 7) is 5.49. The number of aliphatic hydroxyl groups excluding tert-OH is 1. The molecule has 0 heterocycles. The Hall–Kier alpha value is -2.50. The summed E-state index contributed by atoms with van der Waals surface area (Å²) in [7, 11) is 1.81. The van der Waals surface area contributed by atoms with E-state index in [2.05, 4.69) is 15.6 Å².